The lowest BCUT2D eigenvalue weighted by Crippen LogP contribution is -2.26. The molecule has 0 aromatic heterocycles. The molecule has 2 aromatic carbocycles. The van der Waals surface area contributed by atoms with Crippen molar-refractivity contribution in [2.75, 3.05) is 18.9 Å². The number of carbonyl (C=O) groups excluding carboxylic acids is 1. The summed E-state index contributed by atoms with van der Waals surface area (Å²) < 4.78 is 23.2. The van der Waals surface area contributed by atoms with Crippen molar-refractivity contribution >= 4 is 44.2 Å². The lowest BCUT2D eigenvalue weighted by Gasteiger charge is -2.26. The van der Waals surface area contributed by atoms with Gasteiger partial charge in [-0.25, -0.2) is 4.39 Å². The number of benzene rings is 2. The summed E-state index contributed by atoms with van der Waals surface area (Å²) in [6.45, 7) is 3.46. The Morgan fingerprint density at radius 3 is 2.61 bits per heavy atom. The molecule has 1 aliphatic heterocycles. The number of hydrogen-bond donors (Lipinski definition) is 2. The molecule has 0 spiro atoms. The topological polar surface area (TPSA) is 41.6 Å². The van der Waals surface area contributed by atoms with Crippen LogP contribution < -0.4 is 9.46 Å². The smallest absolute Gasteiger partial charge is 0.258 e. The molecule has 2 aliphatic carbocycles. The van der Waals surface area contributed by atoms with E-state index < -0.39 is 0 Å². The van der Waals surface area contributed by atoms with E-state index in [0.717, 1.165) is 54.7 Å². The maximum atomic E-state index is 14.1. The predicted octanol–water partition coefficient (Wildman–Crippen LogP) is 7.45. The third kappa shape index (κ3) is 6.66. The second kappa shape index (κ2) is 13.3. The number of nitrogens with one attached hydrogen (secondary N) is 1. The zero-order valence-corrected chi connectivity index (χ0v) is 23.7. The highest BCUT2D eigenvalue weighted by molar-refractivity contribution is 8.31. The second-order valence-electron chi connectivity index (χ2n) is 9.65. The maximum absolute atomic E-state index is 14.1. The first-order valence-electron chi connectivity index (χ1n) is 12.8. The molecule has 2 saturated carbocycles. The Bertz CT molecular complexity index is 1090. The van der Waals surface area contributed by atoms with E-state index in [4.69, 9.17) is 4.74 Å². The maximum Gasteiger partial charge on any atom is 0.258 e. The summed E-state index contributed by atoms with van der Waals surface area (Å²) in [7, 11) is 2.11. The monoisotopic (exact) mass is 546 g/mol. The number of allylic oxidation sites excluding steroid dienone is 1. The molecule has 1 N–H and O–H groups in total. The van der Waals surface area contributed by atoms with E-state index in [9.17, 15) is 9.18 Å². The van der Waals surface area contributed by atoms with Gasteiger partial charge in [0, 0.05) is 29.5 Å². The highest BCUT2D eigenvalue weighted by Gasteiger charge is 2.34. The van der Waals surface area contributed by atoms with Crippen LogP contribution in [0.15, 0.2) is 48.0 Å². The molecule has 194 valence electrons. The average molecular weight is 547 g/mol. The van der Waals surface area contributed by atoms with Crippen LogP contribution in [0.1, 0.15) is 79.4 Å². The van der Waals surface area contributed by atoms with E-state index >= 15 is 0 Å². The van der Waals surface area contributed by atoms with E-state index in [1.807, 2.05) is 35.2 Å². The van der Waals surface area contributed by atoms with Gasteiger partial charge >= 0.3 is 0 Å². The predicted molar refractivity (Wildman–Crippen MR) is 155 cm³/mol. The molecule has 0 bridgehead atoms. The summed E-state index contributed by atoms with van der Waals surface area (Å²) in [6.07, 6.45) is 7.82. The van der Waals surface area contributed by atoms with Crippen molar-refractivity contribution in [2.45, 2.75) is 57.9 Å². The Morgan fingerprint density at radius 2 is 1.92 bits per heavy atom. The SMILES string of the molecule is CC(NSCCCCN1C(=O)c2ccccc2C1=C1CCC1)c1ccc(F)c(OCC2CC2)c1.PS. The van der Waals surface area contributed by atoms with Crippen molar-refractivity contribution in [1.82, 2.24) is 9.62 Å². The Balaban J connectivity index is 0.00000148. The fourth-order valence-electron chi connectivity index (χ4n) is 4.54. The molecule has 36 heavy (non-hydrogen) atoms. The molecular formula is C28H36FN2O2PS2. The van der Waals surface area contributed by atoms with Crippen molar-refractivity contribution in [3.8, 4) is 5.75 Å². The molecule has 1 heterocycles. The van der Waals surface area contributed by atoms with E-state index in [0.29, 0.717) is 18.3 Å². The fourth-order valence-corrected chi connectivity index (χ4v) is 5.39. The van der Waals surface area contributed by atoms with Crippen molar-refractivity contribution in [2.24, 2.45) is 5.92 Å². The van der Waals surface area contributed by atoms with Gasteiger partial charge in [0.25, 0.3) is 5.91 Å². The van der Waals surface area contributed by atoms with Gasteiger partial charge in [0.1, 0.15) is 0 Å². The number of thiol groups is 1. The van der Waals surface area contributed by atoms with Gasteiger partial charge in [0.2, 0.25) is 0 Å². The standard InChI is InChI=1S/C28H33FN2O2S.H3PS/c1-19(22-13-14-25(29)26(17-22)33-18-20-11-12-20)30-34-16-5-4-15-31-27(21-7-6-8-21)23-9-2-3-10-24(23)28(31)32;1-2/h2-3,9-10,13-14,17,19-20,30H,4-8,11-12,15-16,18H2,1H3;2H,1H2. The molecule has 0 radical (unpaired) electrons. The van der Waals surface area contributed by atoms with Crippen molar-refractivity contribution < 1.29 is 13.9 Å². The van der Waals surface area contributed by atoms with Crippen LogP contribution in [0.3, 0.4) is 0 Å². The molecule has 1 amide bonds. The number of halogens is 1. The van der Waals surface area contributed by atoms with Crippen LogP contribution in [-0.2, 0) is 0 Å². The summed E-state index contributed by atoms with van der Waals surface area (Å²) in [5.74, 6) is 1.77. The molecular weight excluding hydrogens is 510 g/mol. The molecule has 2 unspecified atom stereocenters. The molecule has 2 atom stereocenters. The molecule has 2 fully saturated rings. The van der Waals surface area contributed by atoms with Crippen LogP contribution >= 0.6 is 32.6 Å². The van der Waals surface area contributed by atoms with Crippen molar-refractivity contribution in [1.29, 1.82) is 0 Å². The van der Waals surface area contributed by atoms with Gasteiger partial charge in [-0.15, -0.1) is 0 Å². The first kappa shape index (κ1) is 27.5. The van der Waals surface area contributed by atoms with Crippen LogP contribution in [0.25, 0.3) is 5.70 Å². The van der Waals surface area contributed by atoms with Gasteiger partial charge in [-0.3, -0.25) is 9.52 Å². The first-order valence-corrected chi connectivity index (χ1v) is 15.9. The van der Waals surface area contributed by atoms with Crippen LogP contribution in [0.2, 0.25) is 0 Å². The molecule has 8 heteroatoms. The molecule has 0 saturated heterocycles. The quantitative estimate of drug-likeness (QED) is 0.133. The van der Waals surface area contributed by atoms with Crippen LogP contribution in [0, 0.1) is 11.7 Å². The minimum atomic E-state index is -0.292. The number of nitrogens with zero attached hydrogens (tertiary/aromatic N) is 1. The highest BCUT2D eigenvalue weighted by atomic mass is 32.7. The molecule has 3 aliphatic rings. The van der Waals surface area contributed by atoms with Gasteiger partial charge in [-0.05, 0) is 87.1 Å². The summed E-state index contributed by atoms with van der Waals surface area (Å²) in [5, 5.41) is 0. The summed E-state index contributed by atoms with van der Waals surface area (Å²) in [4.78, 5) is 15.0. The Kier molecular flexibility index (Phi) is 10.2. The van der Waals surface area contributed by atoms with E-state index in [1.165, 1.54) is 36.6 Å². The van der Waals surface area contributed by atoms with Gasteiger partial charge in [-0.1, -0.05) is 44.7 Å². The minimum absolute atomic E-state index is 0.0958. The van der Waals surface area contributed by atoms with E-state index in [-0.39, 0.29) is 17.8 Å². The number of unbranched alkanes of at least 4 members (excludes halogenated alkanes) is 1. The van der Waals surface area contributed by atoms with Crippen LogP contribution in [0.4, 0.5) is 4.39 Å². The second-order valence-corrected chi connectivity index (χ2v) is 10.6. The Labute approximate surface area is 226 Å². The normalized spacial score (nSPS) is 17.3. The molecule has 4 nitrogen and oxygen atoms in total. The number of amides is 1. The van der Waals surface area contributed by atoms with Crippen molar-refractivity contribution in [3.63, 3.8) is 0 Å². The zero-order chi connectivity index (χ0) is 25.5. The lowest BCUT2D eigenvalue weighted by molar-refractivity contribution is 0.0847. The van der Waals surface area contributed by atoms with Gasteiger partial charge < -0.3 is 9.64 Å². The van der Waals surface area contributed by atoms with Crippen LogP contribution in [-0.4, -0.2) is 29.7 Å². The Hall–Kier alpha value is -1.53. The van der Waals surface area contributed by atoms with Crippen molar-refractivity contribution in [3.05, 3.63) is 70.5 Å². The molecule has 5 rings (SSSR count). The number of rotatable bonds is 11. The molecule has 2 aromatic rings. The van der Waals surface area contributed by atoms with Gasteiger partial charge in [0.05, 0.1) is 12.3 Å². The van der Waals surface area contributed by atoms with Crippen LogP contribution in [0.5, 0.6) is 5.75 Å². The Morgan fingerprint density at radius 1 is 1.17 bits per heavy atom. The van der Waals surface area contributed by atoms with Gasteiger partial charge in [0.15, 0.2) is 11.6 Å². The first-order chi connectivity index (χ1) is 17.6. The largest absolute Gasteiger partial charge is 0.490 e. The number of fused-ring (bicyclic) bond motifs is 1. The zero-order valence-electron chi connectivity index (χ0n) is 20.8. The summed E-state index contributed by atoms with van der Waals surface area (Å²) >= 11 is 5.13. The lowest BCUT2D eigenvalue weighted by atomic mass is 9.88. The third-order valence-corrected chi connectivity index (χ3v) is 8.00. The van der Waals surface area contributed by atoms with Gasteiger partial charge in [-0.2, -0.15) is 12.2 Å². The summed E-state index contributed by atoms with van der Waals surface area (Å²) in [6, 6.07) is 13.3. The fraction of sp³-hybridized carbons (Fsp3) is 0.464. The highest BCUT2D eigenvalue weighted by Crippen LogP contribution is 2.41. The number of hydrogen-bond acceptors (Lipinski definition) is 5. The minimum Gasteiger partial charge on any atom is -0.490 e. The third-order valence-electron chi connectivity index (χ3n) is 6.98. The van der Waals surface area contributed by atoms with E-state index in [2.05, 4.69) is 38.4 Å². The average Bonchev–Trinajstić information content (AvgIpc) is 3.67. The van der Waals surface area contributed by atoms with E-state index in [1.54, 1.807) is 11.9 Å². The summed E-state index contributed by atoms with van der Waals surface area (Å²) in [5.41, 5.74) is 5.61. The number of carbonyl (C=O) groups is 1. The number of ether oxygens (including phenoxy) is 1.